The van der Waals surface area contributed by atoms with Gasteiger partial charge < -0.3 is 10.5 Å². The van der Waals surface area contributed by atoms with Crippen molar-refractivity contribution in [1.29, 1.82) is 0 Å². The molecule has 0 saturated heterocycles. The van der Waals surface area contributed by atoms with E-state index < -0.39 is 11.6 Å². The van der Waals surface area contributed by atoms with Crippen LogP contribution in [0, 0.1) is 11.6 Å². The van der Waals surface area contributed by atoms with Gasteiger partial charge in [-0.05, 0) is 18.2 Å². The number of nitrogens with two attached hydrogens (primary N) is 1. The van der Waals surface area contributed by atoms with Crippen molar-refractivity contribution in [1.82, 2.24) is 15.0 Å². The van der Waals surface area contributed by atoms with Crippen molar-refractivity contribution in [2.75, 3.05) is 7.11 Å². The average molecular weight is 290 g/mol. The first kappa shape index (κ1) is 13.4. The highest BCUT2D eigenvalue weighted by molar-refractivity contribution is 5.77. The highest BCUT2D eigenvalue weighted by atomic mass is 19.1. The zero-order chi connectivity index (χ0) is 15.0. The van der Waals surface area contributed by atoms with Crippen LogP contribution in [0.2, 0.25) is 0 Å². The molecule has 0 unspecified atom stereocenters. The molecule has 0 spiro atoms. The molecule has 0 atom stereocenters. The largest absolute Gasteiger partial charge is 0.497 e. The molecule has 2 aromatic carbocycles. The smallest absolute Gasteiger partial charge is 0.149 e. The summed E-state index contributed by atoms with van der Waals surface area (Å²) in [6.45, 7) is -0.0711. The third kappa shape index (κ3) is 2.21. The Morgan fingerprint density at radius 3 is 2.71 bits per heavy atom. The Morgan fingerprint density at radius 2 is 2.00 bits per heavy atom. The van der Waals surface area contributed by atoms with Crippen LogP contribution in [0.3, 0.4) is 0 Å². The molecule has 3 aromatic rings. The van der Waals surface area contributed by atoms with E-state index in [9.17, 15) is 8.78 Å². The number of benzene rings is 2. The Morgan fingerprint density at radius 1 is 1.19 bits per heavy atom. The van der Waals surface area contributed by atoms with E-state index in [2.05, 4.69) is 10.3 Å². The summed E-state index contributed by atoms with van der Waals surface area (Å²) in [6.07, 6.45) is 0. The Labute approximate surface area is 118 Å². The first-order valence-corrected chi connectivity index (χ1v) is 6.22. The second-order valence-electron chi connectivity index (χ2n) is 4.46. The Balaban J connectivity index is 2.19. The molecule has 0 aliphatic heterocycles. The van der Waals surface area contributed by atoms with Crippen LogP contribution in [0.25, 0.3) is 16.7 Å². The molecule has 0 radical (unpaired) electrons. The maximum Gasteiger partial charge on any atom is 0.149 e. The van der Waals surface area contributed by atoms with Crippen molar-refractivity contribution in [3.63, 3.8) is 0 Å². The lowest BCUT2D eigenvalue weighted by Gasteiger charge is -2.07. The van der Waals surface area contributed by atoms with Gasteiger partial charge in [0, 0.05) is 24.2 Å². The fourth-order valence-electron chi connectivity index (χ4n) is 2.10. The number of methoxy groups -OCH3 is 1. The van der Waals surface area contributed by atoms with E-state index in [1.54, 1.807) is 18.2 Å². The zero-order valence-electron chi connectivity index (χ0n) is 11.2. The molecule has 0 aliphatic rings. The van der Waals surface area contributed by atoms with E-state index in [0.29, 0.717) is 16.8 Å². The van der Waals surface area contributed by atoms with Crippen LogP contribution in [0.1, 0.15) is 5.56 Å². The van der Waals surface area contributed by atoms with Gasteiger partial charge in [0.25, 0.3) is 0 Å². The number of aromatic nitrogens is 3. The normalized spacial score (nSPS) is 11.0. The van der Waals surface area contributed by atoms with Crippen molar-refractivity contribution in [3.8, 4) is 11.4 Å². The lowest BCUT2D eigenvalue weighted by molar-refractivity contribution is 0.415. The van der Waals surface area contributed by atoms with E-state index >= 15 is 0 Å². The lowest BCUT2D eigenvalue weighted by atomic mass is 10.2. The van der Waals surface area contributed by atoms with E-state index in [1.807, 2.05) is 0 Å². The van der Waals surface area contributed by atoms with Gasteiger partial charge >= 0.3 is 0 Å². The van der Waals surface area contributed by atoms with Gasteiger partial charge in [0.15, 0.2) is 0 Å². The van der Waals surface area contributed by atoms with E-state index in [-0.39, 0.29) is 17.8 Å². The number of ether oxygens (including phenoxy) is 1. The van der Waals surface area contributed by atoms with Crippen molar-refractivity contribution in [3.05, 3.63) is 47.5 Å². The highest BCUT2D eigenvalue weighted by Crippen LogP contribution is 2.24. The summed E-state index contributed by atoms with van der Waals surface area (Å²) in [4.78, 5) is 0. The number of hydrogen-bond acceptors (Lipinski definition) is 4. The molecule has 0 bridgehead atoms. The third-order valence-corrected chi connectivity index (χ3v) is 3.22. The molecular weight excluding hydrogens is 278 g/mol. The molecule has 1 heterocycles. The van der Waals surface area contributed by atoms with Gasteiger partial charge in [0.2, 0.25) is 0 Å². The van der Waals surface area contributed by atoms with Crippen molar-refractivity contribution < 1.29 is 13.5 Å². The number of fused-ring (bicyclic) bond motifs is 1. The zero-order valence-corrected chi connectivity index (χ0v) is 11.2. The van der Waals surface area contributed by atoms with E-state index in [1.165, 1.54) is 11.8 Å². The van der Waals surface area contributed by atoms with Gasteiger partial charge in [-0.2, -0.15) is 0 Å². The second kappa shape index (κ2) is 5.10. The second-order valence-corrected chi connectivity index (χ2v) is 4.46. The summed E-state index contributed by atoms with van der Waals surface area (Å²) in [5, 5.41) is 7.81. The quantitative estimate of drug-likeness (QED) is 0.803. The number of halogens is 2. The summed E-state index contributed by atoms with van der Waals surface area (Å²) in [5.41, 5.74) is 6.53. The molecule has 108 valence electrons. The van der Waals surface area contributed by atoms with Crippen LogP contribution >= 0.6 is 0 Å². The Hall–Kier alpha value is -2.54. The van der Waals surface area contributed by atoms with Gasteiger partial charge in [0.1, 0.15) is 28.6 Å². The predicted molar refractivity (Wildman–Crippen MR) is 73.2 cm³/mol. The average Bonchev–Trinajstić information content (AvgIpc) is 2.91. The molecule has 3 rings (SSSR count). The molecule has 0 amide bonds. The minimum atomic E-state index is -0.612. The van der Waals surface area contributed by atoms with Crippen molar-refractivity contribution in [2.45, 2.75) is 6.54 Å². The molecule has 7 heteroatoms. The Bertz CT molecular complexity index is 816. The topological polar surface area (TPSA) is 66.0 Å². The van der Waals surface area contributed by atoms with Crippen LogP contribution in [0.5, 0.6) is 5.75 Å². The molecule has 0 saturated carbocycles. The summed E-state index contributed by atoms with van der Waals surface area (Å²) in [7, 11) is 1.53. The van der Waals surface area contributed by atoms with Crippen LogP contribution in [0.4, 0.5) is 8.78 Å². The maximum atomic E-state index is 14.1. The fourth-order valence-corrected chi connectivity index (χ4v) is 2.10. The molecule has 1 aromatic heterocycles. The van der Waals surface area contributed by atoms with Crippen LogP contribution < -0.4 is 10.5 Å². The van der Waals surface area contributed by atoms with Gasteiger partial charge in [-0.3, -0.25) is 0 Å². The number of nitrogens with zero attached hydrogens (tertiary/aromatic N) is 3. The standard InChI is InChI=1S/C14H12F2N4O/c1-21-9-2-3-13-12(5-9)18-19-20(13)14-6-10(15)8(7-17)4-11(14)16/h2-6H,7,17H2,1H3. The lowest BCUT2D eigenvalue weighted by Crippen LogP contribution is -2.06. The highest BCUT2D eigenvalue weighted by Gasteiger charge is 2.14. The minimum Gasteiger partial charge on any atom is -0.497 e. The molecular formula is C14H12F2N4O. The van der Waals surface area contributed by atoms with Gasteiger partial charge in [0.05, 0.1) is 12.6 Å². The van der Waals surface area contributed by atoms with Crippen molar-refractivity contribution >= 4 is 11.0 Å². The minimum absolute atomic E-state index is 0.0163. The molecule has 21 heavy (non-hydrogen) atoms. The molecule has 0 fully saturated rings. The molecule has 0 aliphatic carbocycles. The SMILES string of the molecule is COc1ccc2c(c1)nnn2-c1cc(F)c(CN)cc1F. The first-order chi connectivity index (χ1) is 10.1. The molecule has 5 nitrogen and oxygen atoms in total. The van der Waals surface area contributed by atoms with Gasteiger partial charge in [-0.15, -0.1) is 5.10 Å². The number of hydrogen-bond donors (Lipinski definition) is 1. The summed E-state index contributed by atoms with van der Waals surface area (Å²) >= 11 is 0. The predicted octanol–water partition coefficient (Wildman–Crippen LogP) is 2.17. The van der Waals surface area contributed by atoms with Gasteiger partial charge in [-0.25, -0.2) is 13.5 Å². The van der Waals surface area contributed by atoms with E-state index in [0.717, 1.165) is 12.1 Å². The Kier molecular flexibility index (Phi) is 3.26. The number of rotatable bonds is 3. The monoisotopic (exact) mass is 290 g/mol. The molecule has 2 N–H and O–H groups in total. The third-order valence-electron chi connectivity index (χ3n) is 3.22. The van der Waals surface area contributed by atoms with E-state index in [4.69, 9.17) is 10.5 Å². The summed E-state index contributed by atoms with van der Waals surface area (Å²) < 4.78 is 34.3. The fraction of sp³-hybridized carbons (Fsp3) is 0.143. The van der Waals surface area contributed by atoms with Crippen molar-refractivity contribution in [2.24, 2.45) is 5.73 Å². The summed E-state index contributed by atoms with van der Waals surface area (Å²) in [6, 6.07) is 7.19. The van der Waals surface area contributed by atoms with Crippen LogP contribution in [0.15, 0.2) is 30.3 Å². The van der Waals surface area contributed by atoms with Crippen LogP contribution in [-0.4, -0.2) is 22.1 Å². The van der Waals surface area contributed by atoms with Crippen LogP contribution in [-0.2, 0) is 6.54 Å². The summed E-state index contributed by atoms with van der Waals surface area (Å²) in [5.74, 6) is -0.579. The van der Waals surface area contributed by atoms with Gasteiger partial charge in [-0.1, -0.05) is 5.21 Å². The first-order valence-electron chi connectivity index (χ1n) is 6.22. The maximum absolute atomic E-state index is 14.1.